The highest BCUT2D eigenvalue weighted by atomic mass is 16.5. The topological polar surface area (TPSA) is 75.7 Å². The maximum Gasteiger partial charge on any atom is 0.311 e. The summed E-state index contributed by atoms with van der Waals surface area (Å²) >= 11 is 0. The van der Waals surface area contributed by atoms with Crippen LogP contribution >= 0.6 is 0 Å². The number of hydrogen-bond acceptors (Lipinski definition) is 4. The van der Waals surface area contributed by atoms with E-state index in [9.17, 15) is 14.4 Å². The van der Waals surface area contributed by atoms with Crippen LogP contribution < -0.4 is 10.2 Å². The van der Waals surface area contributed by atoms with Crippen LogP contribution in [0.25, 0.3) is 0 Å². The molecule has 0 aromatic heterocycles. The summed E-state index contributed by atoms with van der Waals surface area (Å²) in [5, 5.41) is 2.89. The van der Waals surface area contributed by atoms with Crippen LogP contribution in [0.5, 0.6) is 0 Å². The lowest BCUT2D eigenvalue weighted by atomic mass is 10.0. The van der Waals surface area contributed by atoms with Gasteiger partial charge >= 0.3 is 5.97 Å². The predicted octanol–water partition coefficient (Wildman–Crippen LogP) is 3.96. The van der Waals surface area contributed by atoms with Crippen molar-refractivity contribution in [1.82, 2.24) is 0 Å². The minimum atomic E-state index is -0.576. The van der Waals surface area contributed by atoms with Gasteiger partial charge in [0.25, 0.3) is 5.91 Å². The van der Waals surface area contributed by atoms with Crippen molar-refractivity contribution >= 4 is 29.2 Å². The van der Waals surface area contributed by atoms with Crippen LogP contribution in [0.3, 0.4) is 0 Å². The Hall–Kier alpha value is -3.15. The molecule has 0 unspecified atom stereocenters. The molecule has 6 nitrogen and oxygen atoms in total. The fourth-order valence-corrected chi connectivity index (χ4v) is 4.15. The Morgan fingerprint density at radius 2 is 1.61 bits per heavy atom. The fraction of sp³-hybridized carbons (Fsp3) is 0.400. The molecule has 0 radical (unpaired) electrons. The molecule has 31 heavy (non-hydrogen) atoms. The molecule has 1 aliphatic rings. The van der Waals surface area contributed by atoms with Crippen molar-refractivity contribution in [3.05, 3.63) is 58.7 Å². The maximum atomic E-state index is 12.6. The van der Waals surface area contributed by atoms with Crippen LogP contribution in [-0.4, -0.2) is 30.9 Å². The molecule has 1 N–H and O–H groups in total. The molecule has 3 rings (SSSR count). The summed E-state index contributed by atoms with van der Waals surface area (Å²) in [6.45, 7) is 7.86. The van der Waals surface area contributed by atoms with E-state index < -0.39 is 11.9 Å². The summed E-state index contributed by atoms with van der Waals surface area (Å²) in [5.74, 6) is -1.57. The Bertz CT molecular complexity index is 957. The first kappa shape index (κ1) is 22.5. The number of aryl methyl sites for hydroxylation is 4. The molecule has 0 spiro atoms. The highest BCUT2D eigenvalue weighted by Crippen LogP contribution is 2.31. The lowest BCUT2D eigenvalue weighted by Crippen LogP contribution is -2.29. The molecular formula is C25H30N2O4. The lowest BCUT2D eigenvalue weighted by molar-refractivity contribution is -0.151. The quantitative estimate of drug-likeness (QED) is 0.685. The molecule has 0 aliphatic carbocycles. The van der Waals surface area contributed by atoms with Gasteiger partial charge in [-0.05, 0) is 48.9 Å². The molecule has 1 aliphatic heterocycles. The zero-order valence-corrected chi connectivity index (χ0v) is 18.7. The van der Waals surface area contributed by atoms with Gasteiger partial charge in [-0.2, -0.15) is 0 Å². The van der Waals surface area contributed by atoms with E-state index in [4.69, 9.17) is 4.74 Å². The zero-order valence-electron chi connectivity index (χ0n) is 18.7. The van der Waals surface area contributed by atoms with Crippen LogP contribution in [0.4, 0.5) is 11.4 Å². The van der Waals surface area contributed by atoms with Crippen molar-refractivity contribution in [3.63, 3.8) is 0 Å². The Morgan fingerprint density at radius 3 is 2.19 bits per heavy atom. The van der Waals surface area contributed by atoms with E-state index in [2.05, 4.69) is 5.32 Å². The summed E-state index contributed by atoms with van der Waals surface area (Å²) in [5.41, 5.74) is 5.72. The maximum absolute atomic E-state index is 12.6. The number of esters is 1. The first-order chi connectivity index (χ1) is 14.8. The number of para-hydroxylation sites is 2. The third kappa shape index (κ3) is 4.95. The molecule has 2 amide bonds. The SMILES string of the molecule is CCc1cccc(CC)c1NC(=O)COC(=O)[C@@H]1CC(=O)N(c2c(C)cccc2C)C1. The molecule has 2 aromatic carbocycles. The summed E-state index contributed by atoms with van der Waals surface area (Å²) < 4.78 is 5.27. The van der Waals surface area contributed by atoms with Crippen molar-refractivity contribution < 1.29 is 19.1 Å². The number of nitrogens with zero attached hydrogens (tertiary/aromatic N) is 1. The van der Waals surface area contributed by atoms with Gasteiger partial charge in [-0.25, -0.2) is 0 Å². The van der Waals surface area contributed by atoms with Crippen molar-refractivity contribution in [2.24, 2.45) is 5.92 Å². The van der Waals surface area contributed by atoms with Gasteiger partial charge in [0.05, 0.1) is 5.92 Å². The van der Waals surface area contributed by atoms with Crippen LogP contribution in [0, 0.1) is 19.8 Å². The first-order valence-electron chi connectivity index (χ1n) is 10.8. The highest BCUT2D eigenvalue weighted by Gasteiger charge is 2.37. The Kier molecular flexibility index (Phi) is 7.10. The van der Waals surface area contributed by atoms with Crippen LogP contribution in [-0.2, 0) is 32.0 Å². The zero-order chi connectivity index (χ0) is 22.5. The molecule has 1 heterocycles. The second kappa shape index (κ2) is 9.77. The number of carbonyl (C=O) groups is 3. The summed E-state index contributed by atoms with van der Waals surface area (Å²) in [4.78, 5) is 39.2. The minimum Gasteiger partial charge on any atom is -0.455 e. The average Bonchev–Trinajstić information content (AvgIpc) is 3.13. The third-order valence-electron chi connectivity index (χ3n) is 5.78. The molecule has 0 saturated carbocycles. The number of nitrogens with one attached hydrogen (secondary N) is 1. The Labute approximate surface area is 183 Å². The van der Waals surface area contributed by atoms with E-state index in [1.807, 2.05) is 64.1 Å². The second-order valence-electron chi connectivity index (χ2n) is 7.96. The van der Waals surface area contributed by atoms with E-state index in [0.29, 0.717) is 0 Å². The number of ether oxygens (including phenoxy) is 1. The molecule has 164 valence electrons. The van der Waals surface area contributed by atoms with E-state index in [-0.39, 0.29) is 31.4 Å². The van der Waals surface area contributed by atoms with Gasteiger partial charge in [-0.15, -0.1) is 0 Å². The summed E-state index contributed by atoms with van der Waals surface area (Å²) in [6, 6.07) is 11.8. The van der Waals surface area contributed by atoms with Crippen molar-refractivity contribution in [2.45, 2.75) is 47.0 Å². The van der Waals surface area contributed by atoms with Crippen molar-refractivity contribution in [1.29, 1.82) is 0 Å². The molecule has 0 bridgehead atoms. The Balaban J connectivity index is 1.61. The predicted molar refractivity (Wildman–Crippen MR) is 121 cm³/mol. The number of anilines is 2. The molecular weight excluding hydrogens is 392 g/mol. The van der Waals surface area contributed by atoms with Gasteiger partial charge < -0.3 is 15.0 Å². The monoisotopic (exact) mass is 422 g/mol. The van der Waals surface area contributed by atoms with Crippen molar-refractivity contribution in [3.8, 4) is 0 Å². The number of amides is 2. The number of hydrogen-bond donors (Lipinski definition) is 1. The second-order valence-corrected chi connectivity index (χ2v) is 7.96. The molecule has 1 fully saturated rings. The van der Waals surface area contributed by atoms with Gasteiger partial charge in [0, 0.05) is 24.3 Å². The van der Waals surface area contributed by atoms with E-state index in [1.54, 1.807) is 4.90 Å². The van der Waals surface area contributed by atoms with E-state index in [1.165, 1.54) is 0 Å². The van der Waals surface area contributed by atoms with Gasteiger partial charge in [0.2, 0.25) is 5.91 Å². The molecule has 6 heteroatoms. The number of rotatable bonds is 7. The minimum absolute atomic E-state index is 0.0902. The molecule has 2 aromatic rings. The number of carbonyl (C=O) groups excluding carboxylic acids is 3. The first-order valence-corrected chi connectivity index (χ1v) is 10.8. The van der Waals surface area contributed by atoms with Gasteiger partial charge in [0.1, 0.15) is 0 Å². The number of benzene rings is 2. The lowest BCUT2D eigenvalue weighted by Gasteiger charge is -2.21. The van der Waals surface area contributed by atoms with Crippen LogP contribution in [0.1, 0.15) is 42.5 Å². The van der Waals surface area contributed by atoms with Gasteiger partial charge in [-0.1, -0.05) is 50.2 Å². The van der Waals surface area contributed by atoms with Crippen LogP contribution in [0.15, 0.2) is 36.4 Å². The normalized spacial score (nSPS) is 15.8. The average molecular weight is 423 g/mol. The Morgan fingerprint density at radius 1 is 1.03 bits per heavy atom. The van der Waals surface area contributed by atoms with Gasteiger partial charge in [0.15, 0.2) is 6.61 Å². The molecule has 1 saturated heterocycles. The smallest absolute Gasteiger partial charge is 0.311 e. The van der Waals surface area contributed by atoms with E-state index >= 15 is 0 Å². The third-order valence-corrected chi connectivity index (χ3v) is 5.78. The largest absolute Gasteiger partial charge is 0.455 e. The summed E-state index contributed by atoms with van der Waals surface area (Å²) in [7, 11) is 0. The highest BCUT2D eigenvalue weighted by molar-refractivity contribution is 6.01. The van der Waals surface area contributed by atoms with E-state index in [0.717, 1.165) is 46.5 Å². The van der Waals surface area contributed by atoms with Crippen molar-refractivity contribution in [2.75, 3.05) is 23.4 Å². The standard InChI is InChI=1S/C25H30N2O4/c1-5-18-11-8-12-19(6-2)23(18)26-21(28)15-31-25(30)20-13-22(29)27(14-20)24-16(3)9-7-10-17(24)4/h7-12,20H,5-6,13-15H2,1-4H3,(H,26,28)/t20-/m1/s1. The van der Waals surface area contributed by atoms with Gasteiger partial charge in [-0.3, -0.25) is 14.4 Å². The summed E-state index contributed by atoms with van der Waals surface area (Å²) in [6.07, 6.45) is 1.68. The van der Waals surface area contributed by atoms with Crippen LogP contribution in [0.2, 0.25) is 0 Å². The fourth-order valence-electron chi connectivity index (χ4n) is 4.15. The molecule has 1 atom stereocenters.